The molecule has 0 saturated heterocycles. The number of halogens is 2. The van der Waals surface area contributed by atoms with E-state index in [0.29, 0.717) is 22.5 Å². The van der Waals surface area contributed by atoms with Crippen molar-refractivity contribution >= 4 is 33.8 Å². The lowest BCUT2D eigenvalue weighted by Gasteiger charge is -2.05. The highest BCUT2D eigenvalue weighted by molar-refractivity contribution is 7.13. The average molecular weight is 372 g/mol. The highest BCUT2D eigenvalue weighted by Crippen LogP contribution is 2.24. The summed E-state index contributed by atoms with van der Waals surface area (Å²) in [7, 11) is 0. The van der Waals surface area contributed by atoms with Gasteiger partial charge in [-0.15, -0.1) is 11.3 Å². The molecular weight excluding hydrogens is 361 g/mol. The van der Waals surface area contributed by atoms with E-state index in [1.54, 1.807) is 30.3 Å². The zero-order chi connectivity index (χ0) is 17.4. The lowest BCUT2D eigenvalue weighted by atomic mass is 10.2. The Morgan fingerprint density at radius 3 is 2.76 bits per heavy atom. The van der Waals surface area contributed by atoms with Gasteiger partial charge in [-0.05, 0) is 42.5 Å². The Morgan fingerprint density at radius 1 is 1.16 bits per heavy atom. The standard InChI is InChI=1S/C18H11ClFN3OS/c19-12-3-6-16-15(7-12)18(24)23(10-21-16)8-14-9-25-17(22-14)11-1-4-13(20)5-2-11/h1-7,9-10H,8H2. The van der Waals surface area contributed by atoms with Crippen molar-refractivity contribution in [2.45, 2.75) is 6.54 Å². The molecule has 4 rings (SSSR count). The van der Waals surface area contributed by atoms with E-state index in [2.05, 4.69) is 9.97 Å². The Bertz CT molecular complexity index is 1120. The van der Waals surface area contributed by atoms with Gasteiger partial charge in [0, 0.05) is 16.0 Å². The number of aromatic nitrogens is 3. The lowest BCUT2D eigenvalue weighted by Crippen LogP contribution is -2.21. The minimum Gasteiger partial charge on any atom is -0.293 e. The molecule has 0 N–H and O–H groups in total. The molecule has 0 aliphatic carbocycles. The molecule has 0 aliphatic rings. The first-order valence-corrected chi connectivity index (χ1v) is 8.71. The normalized spacial score (nSPS) is 11.1. The second-order valence-electron chi connectivity index (χ2n) is 5.49. The van der Waals surface area contributed by atoms with Gasteiger partial charge in [0.2, 0.25) is 0 Å². The van der Waals surface area contributed by atoms with Gasteiger partial charge in [0.15, 0.2) is 0 Å². The molecule has 0 spiro atoms. The lowest BCUT2D eigenvalue weighted by molar-refractivity contribution is 0.628. The molecule has 2 aromatic carbocycles. The third-order valence-electron chi connectivity index (χ3n) is 3.76. The molecule has 0 fully saturated rings. The zero-order valence-electron chi connectivity index (χ0n) is 12.8. The predicted octanol–water partition coefficient (Wildman–Crippen LogP) is 4.36. The molecule has 4 aromatic rings. The van der Waals surface area contributed by atoms with Crippen LogP contribution in [0.2, 0.25) is 5.02 Å². The van der Waals surface area contributed by atoms with E-state index in [4.69, 9.17) is 11.6 Å². The summed E-state index contributed by atoms with van der Waals surface area (Å²) in [5.41, 5.74) is 2.03. The van der Waals surface area contributed by atoms with E-state index < -0.39 is 0 Å². The fourth-order valence-electron chi connectivity index (χ4n) is 2.52. The first-order valence-electron chi connectivity index (χ1n) is 7.45. The molecule has 2 heterocycles. The third kappa shape index (κ3) is 3.18. The summed E-state index contributed by atoms with van der Waals surface area (Å²) < 4.78 is 14.5. The van der Waals surface area contributed by atoms with Gasteiger partial charge in [0.25, 0.3) is 5.56 Å². The quantitative estimate of drug-likeness (QED) is 0.537. The fraction of sp³-hybridized carbons (Fsp3) is 0.0556. The summed E-state index contributed by atoms with van der Waals surface area (Å²) in [6.45, 7) is 0.311. The summed E-state index contributed by atoms with van der Waals surface area (Å²) in [6.07, 6.45) is 1.51. The van der Waals surface area contributed by atoms with Crippen LogP contribution in [0.1, 0.15) is 5.69 Å². The third-order valence-corrected chi connectivity index (χ3v) is 4.94. The topological polar surface area (TPSA) is 47.8 Å². The van der Waals surface area contributed by atoms with Crippen LogP contribution in [0.4, 0.5) is 4.39 Å². The molecule has 2 aromatic heterocycles. The average Bonchev–Trinajstić information content (AvgIpc) is 3.07. The van der Waals surface area contributed by atoms with Crippen molar-refractivity contribution in [2.24, 2.45) is 0 Å². The van der Waals surface area contributed by atoms with Crippen LogP contribution in [0.15, 0.2) is 59.0 Å². The van der Waals surface area contributed by atoms with Crippen molar-refractivity contribution < 1.29 is 4.39 Å². The van der Waals surface area contributed by atoms with Gasteiger partial charge < -0.3 is 0 Å². The van der Waals surface area contributed by atoms with Crippen LogP contribution in [-0.4, -0.2) is 14.5 Å². The highest BCUT2D eigenvalue weighted by atomic mass is 35.5. The molecule has 0 radical (unpaired) electrons. The maximum atomic E-state index is 13.0. The number of nitrogens with zero attached hydrogens (tertiary/aromatic N) is 3. The maximum absolute atomic E-state index is 13.0. The molecule has 124 valence electrons. The Hall–Kier alpha value is -2.57. The SMILES string of the molecule is O=c1c2cc(Cl)ccc2ncn1Cc1csc(-c2ccc(F)cc2)n1. The summed E-state index contributed by atoms with van der Waals surface area (Å²) >= 11 is 7.42. The highest BCUT2D eigenvalue weighted by Gasteiger charge is 2.09. The number of fused-ring (bicyclic) bond motifs is 1. The largest absolute Gasteiger partial charge is 0.293 e. The molecule has 0 bridgehead atoms. The Balaban J connectivity index is 1.67. The minimum absolute atomic E-state index is 0.163. The van der Waals surface area contributed by atoms with Crippen molar-refractivity contribution in [3.05, 3.63) is 81.1 Å². The molecule has 0 atom stereocenters. The van der Waals surface area contributed by atoms with Crippen molar-refractivity contribution in [3.63, 3.8) is 0 Å². The van der Waals surface area contributed by atoms with Crippen molar-refractivity contribution in [1.82, 2.24) is 14.5 Å². The predicted molar refractivity (Wildman–Crippen MR) is 97.6 cm³/mol. The van der Waals surface area contributed by atoms with E-state index in [1.165, 1.54) is 34.4 Å². The van der Waals surface area contributed by atoms with Crippen molar-refractivity contribution in [3.8, 4) is 10.6 Å². The maximum Gasteiger partial charge on any atom is 0.261 e. The number of hydrogen-bond donors (Lipinski definition) is 0. The van der Waals surface area contributed by atoms with Crippen molar-refractivity contribution in [1.29, 1.82) is 0 Å². The summed E-state index contributed by atoms with van der Waals surface area (Å²) in [4.78, 5) is 21.4. The first-order chi connectivity index (χ1) is 12.1. The van der Waals surface area contributed by atoms with Crippen LogP contribution in [0, 0.1) is 5.82 Å². The van der Waals surface area contributed by atoms with E-state index in [1.807, 2.05) is 5.38 Å². The molecule has 4 nitrogen and oxygen atoms in total. The molecular formula is C18H11ClFN3OS. The minimum atomic E-state index is -0.284. The smallest absolute Gasteiger partial charge is 0.261 e. The molecule has 0 saturated carbocycles. The Kier molecular flexibility index (Phi) is 4.07. The van der Waals surface area contributed by atoms with E-state index >= 15 is 0 Å². The molecule has 25 heavy (non-hydrogen) atoms. The Morgan fingerprint density at radius 2 is 1.96 bits per heavy atom. The van der Waals surface area contributed by atoms with Crippen LogP contribution in [-0.2, 0) is 6.54 Å². The van der Waals surface area contributed by atoms with E-state index in [0.717, 1.165) is 16.3 Å². The van der Waals surface area contributed by atoms with Crippen LogP contribution < -0.4 is 5.56 Å². The molecule has 0 unspecified atom stereocenters. The van der Waals surface area contributed by atoms with Gasteiger partial charge >= 0.3 is 0 Å². The molecule has 0 aliphatic heterocycles. The number of hydrogen-bond acceptors (Lipinski definition) is 4. The zero-order valence-corrected chi connectivity index (χ0v) is 14.4. The molecule has 0 amide bonds. The first kappa shape index (κ1) is 15.9. The van der Waals surface area contributed by atoms with Gasteiger partial charge in [0.05, 0.1) is 29.5 Å². The van der Waals surface area contributed by atoms with Gasteiger partial charge in [-0.3, -0.25) is 9.36 Å². The van der Waals surface area contributed by atoms with E-state index in [9.17, 15) is 9.18 Å². The summed E-state index contributed by atoms with van der Waals surface area (Å²) in [5, 5.41) is 3.63. The van der Waals surface area contributed by atoms with Gasteiger partial charge in [-0.25, -0.2) is 14.4 Å². The van der Waals surface area contributed by atoms with Gasteiger partial charge in [-0.1, -0.05) is 11.6 Å². The summed E-state index contributed by atoms with van der Waals surface area (Å²) in [6, 6.07) is 11.2. The molecule has 7 heteroatoms. The van der Waals surface area contributed by atoms with Crippen LogP contribution in [0.25, 0.3) is 21.5 Å². The monoisotopic (exact) mass is 371 g/mol. The van der Waals surface area contributed by atoms with Crippen LogP contribution >= 0.6 is 22.9 Å². The van der Waals surface area contributed by atoms with Crippen LogP contribution in [0.5, 0.6) is 0 Å². The summed E-state index contributed by atoms with van der Waals surface area (Å²) in [5.74, 6) is -0.284. The van der Waals surface area contributed by atoms with Crippen molar-refractivity contribution in [2.75, 3.05) is 0 Å². The number of rotatable bonds is 3. The number of benzene rings is 2. The second-order valence-corrected chi connectivity index (χ2v) is 6.78. The second kappa shape index (κ2) is 6.38. The van der Waals surface area contributed by atoms with E-state index in [-0.39, 0.29) is 11.4 Å². The Labute approximate surface area is 151 Å². The fourth-order valence-corrected chi connectivity index (χ4v) is 3.51. The number of thiazole rings is 1. The van der Waals surface area contributed by atoms with Crippen LogP contribution in [0.3, 0.4) is 0 Å². The van der Waals surface area contributed by atoms with Gasteiger partial charge in [-0.2, -0.15) is 0 Å². The van der Waals surface area contributed by atoms with Gasteiger partial charge in [0.1, 0.15) is 10.8 Å².